The first-order chi connectivity index (χ1) is 47.9. The van der Waals surface area contributed by atoms with Crippen LogP contribution in [0.5, 0.6) is 0 Å². The van der Waals surface area contributed by atoms with E-state index in [0.717, 1.165) is 102 Å². The molecule has 588 valence electrons. The van der Waals surface area contributed by atoms with Crippen molar-refractivity contribution < 1.29 is 80.2 Å². The second-order valence-corrected chi connectivity index (χ2v) is 32.4. The number of aliphatic hydroxyl groups excluding tert-OH is 1. The number of ether oxygens (including phenoxy) is 4. The van der Waals surface area contributed by atoms with Gasteiger partial charge in [-0.3, -0.25) is 37.3 Å². The predicted octanol–water partition coefficient (Wildman–Crippen LogP) is 23.9. The lowest BCUT2D eigenvalue weighted by Gasteiger charge is -2.21. The molecule has 0 aromatic rings. The van der Waals surface area contributed by atoms with Crippen LogP contribution in [0.3, 0.4) is 0 Å². The maximum Gasteiger partial charge on any atom is 0.472 e. The van der Waals surface area contributed by atoms with Crippen LogP contribution in [0, 0.1) is 11.8 Å². The maximum absolute atomic E-state index is 13.1. The second-order valence-electron chi connectivity index (χ2n) is 29.5. The van der Waals surface area contributed by atoms with Gasteiger partial charge in [-0.25, -0.2) is 9.13 Å². The van der Waals surface area contributed by atoms with Crippen molar-refractivity contribution in [2.75, 3.05) is 39.6 Å². The number of rotatable bonds is 79. The quantitative estimate of drug-likeness (QED) is 0.0222. The Morgan fingerprint density at radius 3 is 0.768 bits per heavy atom. The predicted molar refractivity (Wildman–Crippen MR) is 405 cm³/mol. The second kappa shape index (κ2) is 71.7. The van der Waals surface area contributed by atoms with Crippen LogP contribution in [0.4, 0.5) is 0 Å². The Hall–Kier alpha value is -1.94. The molecule has 19 heteroatoms. The molecule has 0 saturated heterocycles. The van der Waals surface area contributed by atoms with Crippen LogP contribution in [-0.4, -0.2) is 96.7 Å². The van der Waals surface area contributed by atoms with Gasteiger partial charge < -0.3 is 33.8 Å². The molecule has 0 fully saturated rings. The van der Waals surface area contributed by atoms with Gasteiger partial charge in [0.15, 0.2) is 12.2 Å². The fraction of sp³-hybridized carbons (Fsp3) is 0.950. The fourth-order valence-electron chi connectivity index (χ4n) is 12.3. The molecular formula is C80H156O17P2. The largest absolute Gasteiger partial charge is 0.472 e. The van der Waals surface area contributed by atoms with Crippen molar-refractivity contribution in [2.24, 2.45) is 11.8 Å². The van der Waals surface area contributed by atoms with Gasteiger partial charge in [0, 0.05) is 25.7 Å². The van der Waals surface area contributed by atoms with Gasteiger partial charge in [0.05, 0.1) is 26.4 Å². The van der Waals surface area contributed by atoms with E-state index in [2.05, 4.69) is 41.5 Å². The van der Waals surface area contributed by atoms with Crippen LogP contribution in [0.1, 0.15) is 420 Å². The summed E-state index contributed by atoms with van der Waals surface area (Å²) in [4.78, 5) is 73.0. The zero-order valence-corrected chi connectivity index (χ0v) is 66.6. The maximum atomic E-state index is 13.1. The van der Waals surface area contributed by atoms with Gasteiger partial charge in [0.2, 0.25) is 0 Å². The molecule has 0 aliphatic carbocycles. The monoisotopic (exact) mass is 1450 g/mol. The van der Waals surface area contributed by atoms with E-state index in [1.165, 1.54) is 238 Å². The SMILES string of the molecule is CCCCCCCCCCCCCCCCCCCCCCCC(=O)O[C@H](COC(=O)CCCCCCCCCCCCCC(C)C)COP(=O)(O)OC[C@@H](O)COP(=O)(O)OC[C@@H](COC(=O)CCCCCCCCCCCCCC)OC(=O)CCCCCCCCCCC(C)CC. The minimum Gasteiger partial charge on any atom is -0.462 e. The summed E-state index contributed by atoms with van der Waals surface area (Å²) in [5, 5.41) is 10.6. The van der Waals surface area contributed by atoms with Crippen LogP contribution < -0.4 is 0 Å². The number of phosphoric ester groups is 2. The summed E-state index contributed by atoms with van der Waals surface area (Å²) in [6, 6.07) is 0. The summed E-state index contributed by atoms with van der Waals surface area (Å²) in [6.07, 6.45) is 61.0. The van der Waals surface area contributed by atoms with Gasteiger partial charge in [0.25, 0.3) is 0 Å². The lowest BCUT2D eigenvalue weighted by atomic mass is 9.99. The number of esters is 4. The van der Waals surface area contributed by atoms with E-state index in [4.69, 9.17) is 37.0 Å². The van der Waals surface area contributed by atoms with E-state index in [1.807, 2.05) is 0 Å². The Balaban J connectivity index is 5.22. The number of carbonyl (C=O) groups excluding carboxylic acids is 4. The first-order valence-electron chi connectivity index (χ1n) is 41.5. The number of unbranched alkanes of at least 4 members (excludes halogenated alkanes) is 48. The lowest BCUT2D eigenvalue weighted by molar-refractivity contribution is -0.161. The molecular weight excluding hydrogens is 1290 g/mol. The van der Waals surface area contributed by atoms with E-state index >= 15 is 0 Å². The third kappa shape index (κ3) is 72.8. The van der Waals surface area contributed by atoms with Crippen molar-refractivity contribution in [2.45, 2.75) is 439 Å². The molecule has 0 aromatic carbocycles. The molecule has 3 N–H and O–H groups in total. The fourth-order valence-corrected chi connectivity index (χ4v) is 13.9. The van der Waals surface area contributed by atoms with Crippen LogP contribution >= 0.6 is 15.6 Å². The number of hydrogen-bond acceptors (Lipinski definition) is 15. The summed E-state index contributed by atoms with van der Waals surface area (Å²) >= 11 is 0. The van der Waals surface area contributed by atoms with E-state index in [-0.39, 0.29) is 25.7 Å². The van der Waals surface area contributed by atoms with Gasteiger partial charge in [0.1, 0.15) is 19.3 Å². The summed E-state index contributed by atoms with van der Waals surface area (Å²) in [7, 11) is -9.92. The highest BCUT2D eigenvalue weighted by Gasteiger charge is 2.30. The van der Waals surface area contributed by atoms with E-state index in [9.17, 15) is 43.2 Å². The van der Waals surface area contributed by atoms with Crippen molar-refractivity contribution in [3.63, 3.8) is 0 Å². The lowest BCUT2D eigenvalue weighted by Crippen LogP contribution is -2.30. The van der Waals surface area contributed by atoms with Crippen LogP contribution in [0.15, 0.2) is 0 Å². The van der Waals surface area contributed by atoms with E-state index in [1.54, 1.807) is 0 Å². The highest BCUT2D eigenvalue weighted by atomic mass is 31.2. The van der Waals surface area contributed by atoms with Crippen LogP contribution in [0.25, 0.3) is 0 Å². The molecule has 0 spiro atoms. The molecule has 0 rings (SSSR count). The van der Waals surface area contributed by atoms with E-state index < -0.39 is 97.5 Å². The highest BCUT2D eigenvalue weighted by Crippen LogP contribution is 2.45. The standard InChI is InChI=1S/C80H156O17P2/c1-7-10-12-14-16-18-20-22-23-24-25-26-27-28-29-30-34-39-46-52-58-64-79(84)96-75(68-90-78(83)63-57-51-45-38-35-31-32-36-42-48-54-60-72(4)5)70-94-98(86,87)92-66-74(81)67-93-99(88,89)95-71-76(97-80(85)65-59-53-47-41-40-43-49-55-61-73(6)9-3)69-91-77(82)62-56-50-44-37-33-21-19-17-15-13-11-8-2/h72-76,81H,7-71H2,1-6H3,(H,86,87)(H,88,89)/t73?,74-,75-,76-/m1/s1. The molecule has 0 radical (unpaired) electrons. The highest BCUT2D eigenvalue weighted by molar-refractivity contribution is 7.47. The number of aliphatic hydroxyl groups is 1. The average Bonchev–Trinajstić information content (AvgIpc) is 1.18. The van der Waals surface area contributed by atoms with Crippen molar-refractivity contribution in [3.05, 3.63) is 0 Å². The topological polar surface area (TPSA) is 237 Å². The van der Waals surface area contributed by atoms with Crippen molar-refractivity contribution in [1.29, 1.82) is 0 Å². The zero-order chi connectivity index (χ0) is 72.8. The molecule has 0 heterocycles. The van der Waals surface area contributed by atoms with Crippen molar-refractivity contribution >= 4 is 39.5 Å². The summed E-state index contributed by atoms with van der Waals surface area (Å²) < 4.78 is 68.7. The zero-order valence-electron chi connectivity index (χ0n) is 64.8. The molecule has 17 nitrogen and oxygen atoms in total. The molecule has 0 aliphatic heterocycles. The number of phosphoric acid groups is 2. The molecule has 99 heavy (non-hydrogen) atoms. The van der Waals surface area contributed by atoms with Gasteiger partial charge in [-0.1, -0.05) is 369 Å². The van der Waals surface area contributed by atoms with Crippen LogP contribution in [-0.2, 0) is 65.4 Å². The summed E-state index contributed by atoms with van der Waals surface area (Å²) in [5.41, 5.74) is 0. The van der Waals surface area contributed by atoms with Gasteiger partial charge in [-0.2, -0.15) is 0 Å². The van der Waals surface area contributed by atoms with E-state index in [0.29, 0.717) is 25.7 Å². The minimum atomic E-state index is -4.96. The average molecular weight is 1450 g/mol. The molecule has 6 atom stereocenters. The Morgan fingerprint density at radius 1 is 0.293 bits per heavy atom. The molecule has 3 unspecified atom stereocenters. The summed E-state index contributed by atoms with van der Waals surface area (Å²) in [5.74, 6) is -0.571. The van der Waals surface area contributed by atoms with Gasteiger partial charge in [-0.15, -0.1) is 0 Å². The Morgan fingerprint density at radius 2 is 0.515 bits per heavy atom. The number of hydrogen-bond donors (Lipinski definition) is 3. The number of carbonyl (C=O) groups is 4. The Kier molecular flexibility index (Phi) is 70.3. The van der Waals surface area contributed by atoms with Crippen molar-refractivity contribution in [1.82, 2.24) is 0 Å². The molecule has 0 aromatic heterocycles. The molecule has 0 amide bonds. The van der Waals surface area contributed by atoms with Crippen LogP contribution in [0.2, 0.25) is 0 Å². The minimum absolute atomic E-state index is 0.106. The first kappa shape index (κ1) is 97.1. The summed E-state index contributed by atoms with van der Waals surface area (Å²) in [6.45, 7) is 9.62. The van der Waals surface area contributed by atoms with Crippen molar-refractivity contribution in [3.8, 4) is 0 Å². The Labute approximate surface area is 607 Å². The normalized spacial score (nSPS) is 14.2. The molecule has 0 aliphatic rings. The first-order valence-corrected chi connectivity index (χ1v) is 44.5. The smallest absolute Gasteiger partial charge is 0.462 e. The van der Waals surface area contributed by atoms with Gasteiger partial charge in [-0.05, 0) is 37.5 Å². The molecule has 0 saturated carbocycles. The third-order valence-corrected chi connectivity index (χ3v) is 21.0. The Bertz CT molecular complexity index is 1910. The van der Waals surface area contributed by atoms with Gasteiger partial charge >= 0.3 is 39.5 Å². The third-order valence-electron chi connectivity index (χ3n) is 19.1. The molecule has 0 bridgehead atoms.